The number of hydrogen-bond acceptors (Lipinski definition) is 5. The van der Waals surface area contributed by atoms with Crippen LogP contribution in [-0.4, -0.2) is 30.7 Å². The van der Waals surface area contributed by atoms with Gasteiger partial charge in [-0.1, -0.05) is 30.3 Å². The lowest BCUT2D eigenvalue weighted by molar-refractivity contribution is 0.358. The molecule has 0 N–H and O–H groups in total. The van der Waals surface area contributed by atoms with Crippen LogP contribution < -0.4 is 19.8 Å². The molecule has 0 fully saturated rings. The van der Waals surface area contributed by atoms with Crippen LogP contribution in [0.5, 0.6) is 17.2 Å². The van der Waals surface area contributed by atoms with Gasteiger partial charge in [0, 0.05) is 27.9 Å². The number of para-hydroxylation sites is 1. The summed E-state index contributed by atoms with van der Waals surface area (Å²) in [6, 6.07) is 19.5. The number of rotatable bonds is 4. The number of pyridine rings is 2. The molecule has 0 radical (unpaired) electrons. The molecule has 0 saturated heterocycles. The van der Waals surface area contributed by atoms with Gasteiger partial charge in [-0.15, -0.1) is 0 Å². The highest BCUT2D eigenvalue weighted by Crippen LogP contribution is 2.42. The Morgan fingerprint density at radius 1 is 0.788 bits per heavy atom. The summed E-state index contributed by atoms with van der Waals surface area (Å²) in [6.07, 6.45) is 1.88. The van der Waals surface area contributed by atoms with Crippen LogP contribution in [0.15, 0.2) is 71.7 Å². The summed E-state index contributed by atoms with van der Waals surface area (Å²) in [5.74, 6) is 1.71. The minimum atomic E-state index is -0.159. The quantitative estimate of drug-likeness (QED) is 0.352. The van der Waals surface area contributed by atoms with Crippen molar-refractivity contribution in [2.75, 3.05) is 21.3 Å². The van der Waals surface area contributed by atoms with Crippen LogP contribution in [-0.2, 0) is 0 Å². The van der Waals surface area contributed by atoms with Crippen molar-refractivity contribution in [2.24, 2.45) is 0 Å². The van der Waals surface area contributed by atoms with E-state index in [1.54, 1.807) is 25.7 Å². The van der Waals surface area contributed by atoms with Crippen molar-refractivity contribution < 1.29 is 14.2 Å². The second-order valence-electron chi connectivity index (χ2n) is 7.85. The largest absolute Gasteiger partial charge is 0.497 e. The van der Waals surface area contributed by atoms with Gasteiger partial charge in [-0.3, -0.25) is 14.2 Å². The molecule has 0 aliphatic rings. The second kappa shape index (κ2) is 7.10. The van der Waals surface area contributed by atoms with Gasteiger partial charge in [-0.05, 0) is 35.9 Å². The third-order valence-electron chi connectivity index (χ3n) is 6.31. The van der Waals surface area contributed by atoms with E-state index >= 15 is 0 Å². The Hall–Kier alpha value is -4.32. The van der Waals surface area contributed by atoms with E-state index in [4.69, 9.17) is 19.2 Å². The van der Waals surface area contributed by atoms with Gasteiger partial charge in [0.15, 0.2) is 11.5 Å². The van der Waals surface area contributed by atoms with E-state index in [0.717, 1.165) is 49.6 Å². The summed E-state index contributed by atoms with van der Waals surface area (Å²) < 4.78 is 18.2. The minimum Gasteiger partial charge on any atom is -0.497 e. The second-order valence-corrected chi connectivity index (χ2v) is 7.85. The van der Waals surface area contributed by atoms with Gasteiger partial charge >= 0.3 is 0 Å². The first-order chi connectivity index (χ1) is 16.2. The molecule has 0 bridgehead atoms. The maximum absolute atomic E-state index is 13.9. The fourth-order valence-corrected chi connectivity index (χ4v) is 4.84. The van der Waals surface area contributed by atoms with Crippen LogP contribution in [0.4, 0.5) is 0 Å². The third kappa shape index (κ3) is 2.55. The van der Waals surface area contributed by atoms with Crippen molar-refractivity contribution in [3.63, 3.8) is 0 Å². The van der Waals surface area contributed by atoms with Gasteiger partial charge in [0.1, 0.15) is 5.75 Å². The molecule has 0 aliphatic heterocycles. The SMILES string of the molecule is COc1ccc(-c2cnc3c4ccc(OC)c(OC)c4c(=O)n4c5ccccc5c2c34)cc1. The number of ether oxygens (including phenoxy) is 3. The highest BCUT2D eigenvalue weighted by atomic mass is 16.5. The van der Waals surface area contributed by atoms with Crippen molar-refractivity contribution in [1.82, 2.24) is 9.38 Å². The number of nitrogens with zero attached hydrogens (tertiary/aromatic N) is 2. The Morgan fingerprint density at radius 3 is 2.30 bits per heavy atom. The summed E-state index contributed by atoms with van der Waals surface area (Å²) >= 11 is 0. The maximum atomic E-state index is 13.9. The standard InChI is InChI=1S/C27H20N2O4/c1-31-16-10-8-15(9-11-16)19-14-28-24-18-12-13-21(32-2)26(33-3)23(18)27(30)29-20-7-5-4-6-17(20)22(19)25(24)29/h4-14H,1-3H3. The van der Waals surface area contributed by atoms with Gasteiger partial charge in [-0.25, -0.2) is 0 Å². The summed E-state index contributed by atoms with van der Waals surface area (Å²) in [7, 11) is 4.76. The molecule has 3 aromatic heterocycles. The van der Waals surface area contributed by atoms with Crippen molar-refractivity contribution in [3.05, 3.63) is 77.2 Å². The number of methoxy groups -OCH3 is 3. The molecule has 0 saturated carbocycles. The Bertz CT molecular complexity index is 1740. The molecule has 162 valence electrons. The van der Waals surface area contributed by atoms with Crippen LogP contribution in [0.2, 0.25) is 0 Å². The van der Waals surface area contributed by atoms with Crippen molar-refractivity contribution in [2.45, 2.75) is 0 Å². The molecular formula is C27H20N2O4. The van der Waals surface area contributed by atoms with Gasteiger partial charge in [0.25, 0.3) is 5.56 Å². The summed E-state index contributed by atoms with van der Waals surface area (Å²) in [4.78, 5) is 18.8. The molecule has 0 aliphatic carbocycles. The Labute approximate surface area is 188 Å². The van der Waals surface area contributed by atoms with E-state index in [0.29, 0.717) is 16.9 Å². The minimum absolute atomic E-state index is 0.159. The predicted octanol–water partition coefficient (Wildman–Crippen LogP) is 5.28. The Balaban J connectivity index is 1.86. The summed E-state index contributed by atoms with van der Waals surface area (Å²) in [5.41, 5.74) is 4.18. The van der Waals surface area contributed by atoms with Crippen LogP contribution in [0.25, 0.3) is 49.2 Å². The fourth-order valence-electron chi connectivity index (χ4n) is 4.84. The molecule has 6 rings (SSSR count). The molecule has 33 heavy (non-hydrogen) atoms. The lowest BCUT2D eigenvalue weighted by Gasteiger charge is -2.13. The van der Waals surface area contributed by atoms with Gasteiger partial charge < -0.3 is 14.2 Å². The molecule has 0 spiro atoms. The first-order valence-corrected chi connectivity index (χ1v) is 10.5. The highest BCUT2D eigenvalue weighted by molar-refractivity contribution is 6.23. The Morgan fingerprint density at radius 2 is 1.58 bits per heavy atom. The van der Waals surface area contributed by atoms with E-state index in [-0.39, 0.29) is 5.56 Å². The zero-order valence-electron chi connectivity index (χ0n) is 18.4. The van der Waals surface area contributed by atoms with Gasteiger partial charge in [-0.2, -0.15) is 0 Å². The Kier molecular flexibility index (Phi) is 4.17. The number of benzene rings is 3. The number of aromatic nitrogens is 2. The monoisotopic (exact) mass is 436 g/mol. The van der Waals surface area contributed by atoms with Crippen molar-refractivity contribution in [1.29, 1.82) is 0 Å². The fraction of sp³-hybridized carbons (Fsp3) is 0.111. The van der Waals surface area contributed by atoms with Crippen LogP contribution in [0.1, 0.15) is 0 Å². The van der Waals surface area contributed by atoms with Gasteiger partial charge in [0.05, 0.1) is 43.3 Å². The zero-order chi connectivity index (χ0) is 22.7. The van der Waals surface area contributed by atoms with E-state index in [9.17, 15) is 4.79 Å². The topological polar surface area (TPSA) is 62.1 Å². The van der Waals surface area contributed by atoms with Crippen LogP contribution >= 0.6 is 0 Å². The molecule has 0 amide bonds. The molecular weight excluding hydrogens is 416 g/mol. The normalized spacial score (nSPS) is 11.6. The van der Waals surface area contributed by atoms with E-state index in [1.165, 1.54) is 0 Å². The molecule has 3 heterocycles. The number of hydrogen-bond donors (Lipinski definition) is 0. The average Bonchev–Trinajstić information content (AvgIpc) is 3.22. The smallest absolute Gasteiger partial charge is 0.267 e. The van der Waals surface area contributed by atoms with Crippen LogP contribution in [0.3, 0.4) is 0 Å². The maximum Gasteiger partial charge on any atom is 0.267 e. The highest BCUT2D eigenvalue weighted by Gasteiger charge is 2.23. The lowest BCUT2D eigenvalue weighted by atomic mass is 9.99. The first-order valence-electron chi connectivity index (χ1n) is 10.5. The predicted molar refractivity (Wildman–Crippen MR) is 130 cm³/mol. The van der Waals surface area contributed by atoms with Crippen molar-refractivity contribution in [3.8, 4) is 28.4 Å². The first kappa shape index (κ1) is 19.4. The molecule has 3 aromatic carbocycles. The molecule has 6 aromatic rings. The summed E-state index contributed by atoms with van der Waals surface area (Å²) in [6.45, 7) is 0. The lowest BCUT2D eigenvalue weighted by Crippen LogP contribution is -2.14. The summed E-state index contributed by atoms with van der Waals surface area (Å²) in [5, 5.41) is 3.18. The van der Waals surface area contributed by atoms with E-state index in [2.05, 4.69) is 0 Å². The zero-order valence-corrected chi connectivity index (χ0v) is 18.4. The van der Waals surface area contributed by atoms with Crippen LogP contribution in [0, 0.1) is 0 Å². The van der Waals surface area contributed by atoms with E-state index in [1.807, 2.05) is 66.9 Å². The van der Waals surface area contributed by atoms with E-state index < -0.39 is 0 Å². The van der Waals surface area contributed by atoms with Crippen molar-refractivity contribution >= 4 is 38.1 Å². The molecule has 0 atom stereocenters. The molecule has 6 heteroatoms. The average molecular weight is 436 g/mol. The molecule has 0 unspecified atom stereocenters. The third-order valence-corrected chi connectivity index (χ3v) is 6.31. The van der Waals surface area contributed by atoms with Gasteiger partial charge in [0.2, 0.25) is 0 Å². The molecule has 6 nitrogen and oxygen atoms in total. The number of fused-ring (bicyclic) bond motifs is 5.